The molecule has 74 valence electrons. The second-order valence-electron chi connectivity index (χ2n) is 3.53. The molecule has 2 nitrogen and oxygen atoms in total. The maximum absolute atomic E-state index is 9.24. The van der Waals surface area contributed by atoms with Gasteiger partial charge in [0.1, 0.15) is 0 Å². The lowest BCUT2D eigenvalue weighted by molar-refractivity contribution is 0.325. The lowest BCUT2D eigenvalue weighted by Gasteiger charge is -2.20. The maximum Gasteiger partial charge on any atom is 0.0648 e. The molecule has 1 aliphatic rings. The molecule has 2 heteroatoms. The van der Waals surface area contributed by atoms with Crippen molar-refractivity contribution in [3.63, 3.8) is 0 Å². The first-order chi connectivity index (χ1) is 6.92. The third-order valence-corrected chi connectivity index (χ3v) is 2.65. The molecule has 2 rings (SSSR count). The van der Waals surface area contributed by atoms with E-state index in [-0.39, 0.29) is 6.61 Å². The molecule has 1 aromatic carbocycles. The summed E-state index contributed by atoms with van der Waals surface area (Å²) < 4.78 is 0. The van der Waals surface area contributed by atoms with E-state index in [1.54, 1.807) is 0 Å². The van der Waals surface area contributed by atoms with Crippen LogP contribution in [0.5, 0.6) is 0 Å². The highest BCUT2D eigenvalue weighted by Gasteiger charge is 2.12. The van der Waals surface area contributed by atoms with Crippen molar-refractivity contribution in [1.82, 2.24) is 5.32 Å². The van der Waals surface area contributed by atoms with Gasteiger partial charge in [-0.2, -0.15) is 0 Å². The fourth-order valence-corrected chi connectivity index (χ4v) is 1.85. The van der Waals surface area contributed by atoms with Gasteiger partial charge in [-0.15, -0.1) is 0 Å². The van der Waals surface area contributed by atoms with Gasteiger partial charge in [0.25, 0.3) is 0 Å². The molecule has 0 aromatic heterocycles. The number of nitrogens with one attached hydrogen (secondary N) is 1. The number of hydrogen-bond donors (Lipinski definition) is 2. The molecule has 0 amide bonds. The van der Waals surface area contributed by atoms with E-state index in [1.807, 2.05) is 18.2 Å². The Morgan fingerprint density at radius 1 is 1.21 bits per heavy atom. The SMILES string of the molecule is OCC1=C(c2ccccc2)CNCC1. The minimum absolute atomic E-state index is 0.186. The van der Waals surface area contributed by atoms with Crippen molar-refractivity contribution in [2.24, 2.45) is 0 Å². The summed E-state index contributed by atoms with van der Waals surface area (Å²) in [7, 11) is 0. The summed E-state index contributed by atoms with van der Waals surface area (Å²) in [5, 5.41) is 12.6. The first-order valence-electron chi connectivity index (χ1n) is 4.99. The Hall–Kier alpha value is -1.12. The first kappa shape index (κ1) is 9.44. The Labute approximate surface area is 84.3 Å². The summed E-state index contributed by atoms with van der Waals surface area (Å²) in [6, 6.07) is 10.3. The summed E-state index contributed by atoms with van der Waals surface area (Å²) in [6.45, 7) is 2.04. The molecule has 0 spiro atoms. The monoisotopic (exact) mass is 189 g/mol. The van der Waals surface area contributed by atoms with Crippen LogP contribution in [0, 0.1) is 0 Å². The predicted molar refractivity (Wildman–Crippen MR) is 57.9 cm³/mol. The van der Waals surface area contributed by atoms with E-state index >= 15 is 0 Å². The van der Waals surface area contributed by atoms with Gasteiger partial charge in [0, 0.05) is 6.54 Å². The van der Waals surface area contributed by atoms with Crippen LogP contribution < -0.4 is 5.32 Å². The van der Waals surface area contributed by atoms with E-state index in [9.17, 15) is 5.11 Å². The van der Waals surface area contributed by atoms with Gasteiger partial charge in [-0.05, 0) is 29.7 Å². The van der Waals surface area contributed by atoms with Gasteiger partial charge in [-0.1, -0.05) is 30.3 Å². The minimum atomic E-state index is 0.186. The largest absolute Gasteiger partial charge is 0.392 e. The molecule has 0 bridgehead atoms. The number of rotatable bonds is 2. The third-order valence-electron chi connectivity index (χ3n) is 2.65. The second-order valence-corrected chi connectivity index (χ2v) is 3.53. The van der Waals surface area contributed by atoms with Crippen LogP contribution in [0.3, 0.4) is 0 Å². The van der Waals surface area contributed by atoms with Crippen LogP contribution in [0.1, 0.15) is 12.0 Å². The third kappa shape index (κ3) is 1.86. The molecule has 0 fully saturated rings. The molecule has 2 N–H and O–H groups in total. The Morgan fingerprint density at radius 3 is 2.71 bits per heavy atom. The molecule has 0 unspecified atom stereocenters. The van der Waals surface area contributed by atoms with Crippen molar-refractivity contribution >= 4 is 5.57 Å². The Kier molecular flexibility index (Phi) is 2.96. The van der Waals surface area contributed by atoms with Gasteiger partial charge in [0.15, 0.2) is 0 Å². The first-order valence-corrected chi connectivity index (χ1v) is 4.99. The quantitative estimate of drug-likeness (QED) is 0.737. The van der Waals surface area contributed by atoms with Crippen LogP contribution in [0.4, 0.5) is 0 Å². The van der Waals surface area contributed by atoms with E-state index in [0.29, 0.717) is 0 Å². The smallest absolute Gasteiger partial charge is 0.0648 e. The average molecular weight is 189 g/mol. The van der Waals surface area contributed by atoms with Crippen LogP contribution in [-0.4, -0.2) is 24.8 Å². The van der Waals surface area contributed by atoms with E-state index in [1.165, 1.54) is 16.7 Å². The highest BCUT2D eigenvalue weighted by molar-refractivity contribution is 5.70. The highest BCUT2D eigenvalue weighted by atomic mass is 16.3. The van der Waals surface area contributed by atoms with Crippen molar-refractivity contribution in [3.05, 3.63) is 41.5 Å². The zero-order chi connectivity index (χ0) is 9.80. The van der Waals surface area contributed by atoms with E-state index in [2.05, 4.69) is 17.4 Å². The number of aliphatic hydroxyl groups is 1. The maximum atomic E-state index is 9.24. The van der Waals surface area contributed by atoms with Gasteiger partial charge in [-0.25, -0.2) is 0 Å². The molecule has 0 radical (unpaired) electrons. The topological polar surface area (TPSA) is 32.3 Å². The second kappa shape index (κ2) is 4.40. The summed E-state index contributed by atoms with van der Waals surface area (Å²) in [5.41, 5.74) is 3.66. The predicted octanol–water partition coefficient (Wildman–Crippen LogP) is 1.43. The minimum Gasteiger partial charge on any atom is -0.392 e. The van der Waals surface area contributed by atoms with Crippen LogP contribution in [0.15, 0.2) is 35.9 Å². The van der Waals surface area contributed by atoms with Gasteiger partial charge >= 0.3 is 0 Å². The van der Waals surface area contributed by atoms with Crippen molar-refractivity contribution in [3.8, 4) is 0 Å². The molecule has 0 saturated carbocycles. The number of aliphatic hydroxyl groups excluding tert-OH is 1. The molecule has 0 aliphatic carbocycles. The standard InChI is InChI=1S/C12H15NO/c14-9-11-6-7-13-8-12(11)10-4-2-1-3-5-10/h1-5,13-14H,6-9H2. The molecular formula is C12H15NO. The average Bonchev–Trinajstić information content (AvgIpc) is 2.30. The Balaban J connectivity index is 2.35. The Morgan fingerprint density at radius 2 is 2.00 bits per heavy atom. The molecule has 0 atom stereocenters. The van der Waals surface area contributed by atoms with E-state index < -0.39 is 0 Å². The van der Waals surface area contributed by atoms with Crippen molar-refractivity contribution in [2.75, 3.05) is 19.7 Å². The van der Waals surface area contributed by atoms with Crippen LogP contribution in [0.25, 0.3) is 5.57 Å². The van der Waals surface area contributed by atoms with Gasteiger partial charge in [-0.3, -0.25) is 0 Å². The summed E-state index contributed by atoms with van der Waals surface area (Å²) in [6.07, 6.45) is 0.959. The van der Waals surface area contributed by atoms with Gasteiger partial charge in [0.05, 0.1) is 6.61 Å². The molecule has 1 aliphatic heterocycles. The van der Waals surface area contributed by atoms with Crippen LogP contribution >= 0.6 is 0 Å². The molecule has 0 saturated heterocycles. The Bertz CT molecular complexity index is 329. The van der Waals surface area contributed by atoms with Crippen molar-refractivity contribution in [1.29, 1.82) is 0 Å². The van der Waals surface area contributed by atoms with Crippen LogP contribution in [-0.2, 0) is 0 Å². The van der Waals surface area contributed by atoms with Crippen molar-refractivity contribution in [2.45, 2.75) is 6.42 Å². The summed E-state index contributed by atoms with van der Waals surface area (Å²) >= 11 is 0. The van der Waals surface area contributed by atoms with Gasteiger partial charge in [0.2, 0.25) is 0 Å². The lowest BCUT2D eigenvalue weighted by atomic mass is 9.95. The fraction of sp³-hybridized carbons (Fsp3) is 0.333. The summed E-state index contributed by atoms with van der Waals surface area (Å²) in [5.74, 6) is 0. The number of benzene rings is 1. The van der Waals surface area contributed by atoms with E-state index in [4.69, 9.17) is 0 Å². The molecular weight excluding hydrogens is 174 g/mol. The van der Waals surface area contributed by atoms with Crippen LogP contribution in [0.2, 0.25) is 0 Å². The fourth-order valence-electron chi connectivity index (χ4n) is 1.85. The van der Waals surface area contributed by atoms with Crippen molar-refractivity contribution < 1.29 is 5.11 Å². The molecule has 1 aromatic rings. The molecule has 14 heavy (non-hydrogen) atoms. The molecule has 1 heterocycles. The zero-order valence-electron chi connectivity index (χ0n) is 8.16. The zero-order valence-corrected chi connectivity index (χ0v) is 8.16. The summed E-state index contributed by atoms with van der Waals surface area (Å²) in [4.78, 5) is 0. The normalized spacial score (nSPS) is 17.2. The highest BCUT2D eigenvalue weighted by Crippen LogP contribution is 2.22. The van der Waals surface area contributed by atoms with E-state index in [0.717, 1.165) is 19.5 Å². The lowest BCUT2D eigenvalue weighted by Crippen LogP contribution is -2.25. The number of hydrogen-bond acceptors (Lipinski definition) is 2. The van der Waals surface area contributed by atoms with Gasteiger partial charge < -0.3 is 10.4 Å².